The Balaban J connectivity index is 2.26. The summed E-state index contributed by atoms with van der Waals surface area (Å²) in [4.78, 5) is 15.1. The molecule has 3 rings (SSSR count). The monoisotopic (exact) mass is 340 g/mol. The molecule has 0 amide bonds. The van der Waals surface area contributed by atoms with E-state index < -0.39 is 5.97 Å². The van der Waals surface area contributed by atoms with E-state index in [1.165, 1.54) is 12.1 Å². The molecule has 3 aromatic rings. The maximum atomic E-state index is 13.3. The highest BCUT2D eigenvalue weighted by Crippen LogP contribution is 2.35. The number of nitrogens with two attached hydrogens (primary N) is 1. The molecule has 0 radical (unpaired) electrons. The van der Waals surface area contributed by atoms with Crippen molar-refractivity contribution in [3.63, 3.8) is 0 Å². The first-order valence-electron chi connectivity index (χ1n) is 8.36. The Kier molecular flexibility index (Phi) is 4.86. The minimum atomic E-state index is -0.949. The first-order chi connectivity index (χ1) is 12.0. The highest BCUT2D eigenvalue weighted by molar-refractivity contribution is 6.07. The summed E-state index contributed by atoms with van der Waals surface area (Å²) in [5.41, 5.74) is 10.3. The van der Waals surface area contributed by atoms with Gasteiger partial charge in [0.05, 0.1) is 5.56 Å². The lowest BCUT2D eigenvalue weighted by Crippen LogP contribution is -2.01. The summed E-state index contributed by atoms with van der Waals surface area (Å²) >= 11 is 0. The molecule has 0 aliphatic carbocycles. The van der Waals surface area contributed by atoms with Crippen molar-refractivity contribution < 1.29 is 14.3 Å². The van der Waals surface area contributed by atoms with E-state index in [0.29, 0.717) is 13.0 Å². The number of benzene rings is 2. The van der Waals surface area contributed by atoms with Gasteiger partial charge in [0.1, 0.15) is 5.82 Å². The van der Waals surface area contributed by atoms with Gasteiger partial charge >= 0.3 is 5.97 Å². The summed E-state index contributed by atoms with van der Waals surface area (Å²) in [6.45, 7) is 2.54. The van der Waals surface area contributed by atoms with Crippen molar-refractivity contribution >= 4 is 16.9 Å². The van der Waals surface area contributed by atoms with Gasteiger partial charge < -0.3 is 15.8 Å². The van der Waals surface area contributed by atoms with Crippen LogP contribution in [0.2, 0.25) is 0 Å². The molecule has 25 heavy (non-hydrogen) atoms. The number of nitrogens with one attached hydrogen (secondary N) is 1. The number of unbranched alkanes of at least 4 members (excludes halogenated alkanes) is 1. The number of aromatic carboxylic acids is 1. The van der Waals surface area contributed by atoms with Crippen LogP contribution in [-0.4, -0.2) is 22.6 Å². The van der Waals surface area contributed by atoms with Crippen molar-refractivity contribution in [2.75, 3.05) is 6.54 Å². The van der Waals surface area contributed by atoms with Gasteiger partial charge in [-0.05, 0) is 79.8 Å². The molecule has 2 aromatic carbocycles. The van der Waals surface area contributed by atoms with Gasteiger partial charge in [0.25, 0.3) is 0 Å². The summed E-state index contributed by atoms with van der Waals surface area (Å²) in [5.74, 6) is -1.25. The van der Waals surface area contributed by atoms with Crippen LogP contribution in [0.15, 0.2) is 36.4 Å². The number of carboxylic acid groups (broad SMARTS) is 1. The van der Waals surface area contributed by atoms with Gasteiger partial charge in [0.15, 0.2) is 0 Å². The van der Waals surface area contributed by atoms with Gasteiger partial charge in [0.2, 0.25) is 0 Å². The number of aryl methyl sites for hydroxylation is 2. The standard InChI is InChI=1S/C20H21FN2O2/c1-12-5-10-16(20(24)25)17-15(4-2-3-11-22)19(23-18(12)17)13-6-8-14(21)9-7-13/h5-10,23H,2-4,11,22H2,1H3,(H,24,25). The zero-order chi connectivity index (χ0) is 18.0. The lowest BCUT2D eigenvalue weighted by Gasteiger charge is -2.07. The number of aromatic nitrogens is 1. The zero-order valence-electron chi connectivity index (χ0n) is 14.1. The van der Waals surface area contributed by atoms with Gasteiger partial charge in [-0.3, -0.25) is 0 Å². The fraction of sp³-hybridized carbons (Fsp3) is 0.250. The summed E-state index contributed by atoms with van der Waals surface area (Å²) < 4.78 is 13.3. The molecule has 130 valence electrons. The van der Waals surface area contributed by atoms with Crippen molar-refractivity contribution in [1.29, 1.82) is 0 Å². The van der Waals surface area contributed by atoms with E-state index >= 15 is 0 Å². The van der Waals surface area contributed by atoms with Crippen molar-refractivity contribution in [3.8, 4) is 11.3 Å². The minimum absolute atomic E-state index is 0.285. The van der Waals surface area contributed by atoms with Crippen LogP contribution in [0.25, 0.3) is 22.2 Å². The maximum Gasteiger partial charge on any atom is 0.336 e. The second-order valence-electron chi connectivity index (χ2n) is 6.22. The quantitative estimate of drug-likeness (QED) is 0.587. The van der Waals surface area contributed by atoms with Crippen molar-refractivity contribution in [2.45, 2.75) is 26.2 Å². The fourth-order valence-corrected chi connectivity index (χ4v) is 3.24. The highest BCUT2D eigenvalue weighted by atomic mass is 19.1. The lowest BCUT2D eigenvalue weighted by atomic mass is 9.96. The van der Waals surface area contributed by atoms with E-state index in [9.17, 15) is 14.3 Å². The highest BCUT2D eigenvalue weighted by Gasteiger charge is 2.20. The second kappa shape index (κ2) is 7.07. The number of aromatic amines is 1. The van der Waals surface area contributed by atoms with Gasteiger partial charge in [-0.1, -0.05) is 6.07 Å². The first-order valence-corrected chi connectivity index (χ1v) is 8.36. The SMILES string of the molecule is Cc1ccc(C(=O)O)c2c(CCCCN)c(-c3ccc(F)cc3)[nH]c12. The predicted molar refractivity (Wildman–Crippen MR) is 97.4 cm³/mol. The van der Waals surface area contributed by atoms with Crippen LogP contribution in [0.1, 0.15) is 34.3 Å². The molecule has 0 bridgehead atoms. The molecule has 0 saturated heterocycles. The van der Waals surface area contributed by atoms with Gasteiger partial charge in [-0.25, -0.2) is 9.18 Å². The van der Waals surface area contributed by atoms with Crippen molar-refractivity contribution in [3.05, 3.63) is 58.9 Å². The number of hydrogen-bond acceptors (Lipinski definition) is 2. The van der Waals surface area contributed by atoms with Crippen LogP contribution in [0, 0.1) is 12.7 Å². The van der Waals surface area contributed by atoms with Crippen LogP contribution < -0.4 is 5.73 Å². The Morgan fingerprint density at radius 3 is 2.52 bits per heavy atom. The molecule has 0 aliphatic rings. The molecule has 0 spiro atoms. The normalized spacial score (nSPS) is 11.2. The first kappa shape index (κ1) is 17.2. The summed E-state index contributed by atoms with van der Waals surface area (Å²) in [7, 11) is 0. The van der Waals surface area contributed by atoms with Crippen LogP contribution in [0.5, 0.6) is 0 Å². The van der Waals surface area contributed by atoms with Gasteiger partial charge in [0, 0.05) is 16.6 Å². The fourth-order valence-electron chi connectivity index (χ4n) is 3.24. The Morgan fingerprint density at radius 1 is 1.16 bits per heavy atom. The number of halogens is 1. The molecule has 1 aromatic heterocycles. The third-order valence-electron chi connectivity index (χ3n) is 4.51. The smallest absolute Gasteiger partial charge is 0.336 e. The minimum Gasteiger partial charge on any atom is -0.478 e. The maximum absolute atomic E-state index is 13.3. The number of H-pyrrole nitrogens is 1. The molecule has 4 nitrogen and oxygen atoms in total. The van der Waals surface area contributed by atoms with Crippen LogP contribution in [0.3, 0.4) is 0 Å². The number of carbonyl (C=O) groups is 1. The number of carboxylic acids is 1. The average molecular weight is 340 g/mol. The van der Waals surface area contributed by atoms with Gasteiger partial charge in [-0.2, -0.15) is 0 Å². The number of rotatable bonds is 6. The second-order valence-corrected chi connectivity index (χ2v) is 6.22. The molecule has 0 saturated carbocycles. The third-order valence-corrected chi connectivity index (χ3v) is 4.51. The average Bonchev–Trinajstić information content (AvgIpc) is 2.96. The largest absolute Gasteiger partial charge is 0.478 e. The van der Waals surface area contributed by atoms with Crippen LogP contribution >= 0.6 is 0 Å². The third kappa shape index (κ3) is 3.28. The molecule has 0 unspecified atom stereocenters. The molecule has 0 fully saturated rings. The summed E-state index contributed by atoms with van der Waals surface area (Å²) in [5, 5.41) is 10.3. The van der Waals surface area contributed by atoms with E-state index in [2.05, 4.69) is 4.98 Å². The van der Waals surface area contributed by atoms with E-state index in [-0.39, 0.29) is 11.4 Å². The molecular formula is C20H21FN2O2. The van der Waals surface area contributed by atoms with Crippen molar-refractivity contribution in [2.24, 2.45) is 5.73 Å². The molecule has 5 heteroatoms. The molecular weight excluding hydrogens is 319 g/mol. The predicted octanol–water partition coefficient (Wildman–Crippen LogP) is 4.26. The molecule has 0 aliphatic heterocycles. The zero-order valence-corrected chi connectivity index (χ0v) is 14.1. The van der Waals surface area contributed by atoms with E-state index in [1.807, 2.05) is 6.92 Å². The Bertz CT molecular complexity index is 914. The number of fused-ring (bicyclic) bond motifs is 1. The van der Waals surface area contributed by atoms with Crippen molar-refractivity contribution in [1.82, 2.24) is 4.98 Å². The summed E-state index contributed by atoms with van der Waals surface area (Å²) in [6, 6.07) is 9.70. The van der Waals surface area contributed by atoms with E-state index in [4.69, 9.17) is 5.73 Å². The molecule has 1 heterocycles. The molecule has 0 atom stereocenters. The summed E-state index contributed by atoms with van der Waals surface area (Å²) in [6.07, 6.45) is 2.45. The van der Waals surface area contributed by atoms with Crippen LogP contribution in [-0.2, 0) is 6.42 Å². The van der Waals surface area contributed by atoms with Gasteiger partial charge in [-0.15, -0.1) is 0 Å². The number of hydrogen-bond donors (Lipinski definition) is 3. The van der Waals surface area contributed by atoms with E-state index in [0.717, 1.165) is 46.1 Å². The van der Waals surface area contributed by atoms with Crippen LogP contribution in [0.4, 0.5) is 4.39 Å². The Hall–Kier alpha value is -2.66. The topological polar surface area (TPSA) is 79.1 Å². The Labute approximate surface area is 145 Å². The molecule has 4 N–H and O–H groups in total. The Morgan fingerprint density at radius 2 is 1.88 bits per heavy atom. The van der Waals surface area contributed by atoms with E-state index in [1.54, 1.807) is 24.3 Å². The lowest BCUT2D eigenvalue weighted by molar-refractivity contribution is 0.0699.